The van der Waals surface area contributed by atoms with E-state index < -0.39 is 11.7 Å². The summed E-state index contributed by atoms with van der Waals surface area (Å²) in [5.41, 5.74) is 5.18. The van der Waals surface area contributed by atoms with Crippen LogP contribution in [0.1, 0.15) is 11.1 Å². The van der Waals surface area contributed by atoms with E-state index in [4.69, 9.17) is 5.73 Å². The number of alkyl halides is 3. The Balaban J connectivity index is 2.12. The van der Waals surface area contributed by atoms with Crippen molar-refractivity contribution >= 4 is 11.4 Å². The summed E-state index contributed by atoms with van der Waals surface area (Å²) in [5, 5.41) is 2.84. The van der Waals surface area contributed by atoms with Crippen LogP contribution in [0.3, 0.4) is 0 Å². The Morgan fingerprint density at radius 1 is 1.00 bits per heavy atom. The molecule has 0 radical (unpaired) electrons. The quantitative estimate of drug-likeness (QED) is 0.659. The van der Waals surface area contributed by atoms with Gasteiger partial charge in [-0.15, -0.1) is 0 Å². The first kappa shape index (κ1) is 14.2. The summed E-state index contributed by atoms with van der Waals surface area (Å²) in [7, 11) is 0. The van der Waals surface area contributed by atoms with E-state index in [0.717, 1.165) is 11.6 Å². The number of halogens is 4. The van der Waals surface area contributed by atoms with E-state index in [9.17, 15) is 17.6 Å². The van der Waals surface area contributed by atoms with Crippen molar-refractivity contribution in [3.63, 3.8) is 0 Å². The van der Waals surface area contributed by atoms with Gasteiger partial charge in [-0.05, 0) is 35.9 Å². The number of nitrogens with two attached hydrogens (primary N) is 1. The van der Waals surface area contributed by atoms with E-state index >= 15 is 0 Å². The minimum absolute atomic E-state index is 0.293. The van der Waals surface area contributed by atoms with Gasteiger partial charge >= 0.3 is 6.18 Å². The maximum absolute atomic E-state index is 12.7. The molecule has 0 amide bonds. The Kier molecular flexibility index (Phi) is 3.83. The molecule has 0 atom stereocenters. The first-order valence-electron chi connectivity index (χ1n) is 5.81. The van der Waals surface area contributed by atoms with Crippen LogP contribution in [0.25, 0.3) is 0 Å². The van der Waals surface area contributed by atoms with Gasteiger partial charge in [0.1, 0.15) is 5.82 Å². The Morgan fingerprint density at radius 3 is 2.25 bits per heavy atom. The summed E-state index contributed by atoms with van der Waals surface area (Å²) in [4.78, 5) is 0. The predicted octanol–water partition coefficient (Wildman–Crippen LogP) is 4.04. The van der Waals surface area contributed by atoms with Crippen LogP contribution in [0.4, 0.5) is 28.9 Å². The fourth-order valence-corrected chi connectivity index (χ4v) is 1.72. The molecule has 0 aliphatic rings. The molecule has 6 heteroatoms. The number of nitrogens with one attached hydrogen (secondary N) is 1. The number of anilines is 2. The molecule has 0 heterocycles. The van der Waals surface area contributed by atoms with Crippen molar-refractivity contribution in [2.45, 2.75) is 12.7 Å². The number of hydrogen-bond donors (Lipinski definition) is 2. The second-order valence-corrected chi connectivity index (χ2v) is 4.28. The highest BCUT2D eigenvalue weighted by molar-refractivity contribution is 5.58. The van der Waals surface area contributed by atoms with Gasteiger partial charge < -0.3 is 11.1 Å². The Labute approximate surface area is 113 Å². The SMILES string of the molecule is Nc1ccc(NCc2ccc(F)cc2)cc1C(F)(F)F. The van der Waals surface area contributed by atoms with Crippen LogP contribution in [0, 0.1) is 5.82 Å². The number of hydrogen-bond acceptors (Lipinski definition) is 2. The van der Waals surface area contributed by atoms with Crippen molar-refractivity contribution in [2.24, 2.45) is 0 Å². The molecule has 0 bridgehead atoms. The third kappa shape index (κ3) is 3.40. The van der Waals surface area contributed by atoms with E-state index in [0.29, 0.717) is 12.2 Å². The minimum Gasteiger partial charge on any atom is -0.398 e. The second kappa shape index (κ2) is 5.40. The highest BCUT2D eigenvalue weighted by Gasteiger charge is 2.33. The molecule has 0 saturated carbocycles. The smallest absolute Gasteiger partial charge is 0.398 e. The molecule has 0 unspecified atom stereocenters. The fourth-order valence-electron chi connectivity index (χ4n) is 1.72. The van der Waals surface area contributed by atoms with E-state index in [1.165, 1.54) is 24.3 Å². The summed E-state index contributed by atoms with van der Waals surface area (Å²) in [6.45, 7) is 0.293. The van der Waals surface area contributed by atoms with Gasteiger partial charge in [-0.3, -0.25) is 0 Å². The Morgan fingerprint density at radius 2 is 1.65 bits per heavy atom. The lowest BCUT2D eigenvalue weighted by Crippen LogP contribution is -2.10. The van der Waals surface area contributed by atoms with Crippen LogP contribution < -0.4 is 11.1 Å². The van der Waals surface area contributed by atoms with Gasteiger partial charge in [-0.25, -0.2) is 4.39 Å². The standard InChI is InChI=1S/C14H12F4N2/c15-10-3-1-9(2-4-10)8-20-11-5-6-13(19)12(7-11)14(16,17)18/h1-7,20H,8,19H2. The zero-order chi connectivity index (χ0) is 14.8. The summed E-state index contributed by atoms with van der Waals surface area (Å²) < 4.78 is 50.8. The molecule has 2 nitrogen and oxygen atoms in total. The third-order valence-electron chi connectivity index (χ3n) is 2.77. The van der Waals surface area contributed by atoms with Gasteiger partial charge in [-0.1, -0.05) is 12.1 Å². The molecule has 2 rings (SSSR count). The van der Waals surface area contributed by atoms with E-state index in [1.807, 2.05) is 0 Å². The molecular formula is C14H12F4N2. The molecule has 0 spiro atoms. The Bertz CT molecular complexity index is 591. The summed E-state index contributed by atoms with van der Waals surface area (Å²) >= 11 is 0. The second-order valence-electron chi connectivity index (χ2n) is 4.28. The molecule has 0 aromatic heterocycles. The van der Waals surface area contributed by atoms with Crippen molar-refractivity contribution in [2.75, 3.05) is 11.1 Å². The molecule has 2 aromatic carbocycles. The van der Waals surface area contributed by atoms with Crippen LogP contribution >= 0.6 is 0 Å². The van der Waals surface area contributed by atoms with Crippen LogP contribution in [0.2, 0.25) is 0 Å². The van der Waals surface area contributed by atoms with Crippen LogP contribution in [0.15, 0.2) is 42.5 Å². The highest BCUT2D eigenvalue weighted by Crippen LogP contribution is 2.35. The minimum atomic E-state index is -4.49. The van der Waals surface area contributed by atoms with Crippen LogP contribution in [-0.4, -0.2) is 0 Å². The molecule has 0 fully saturated rings. The fraction of sp³-hybridized carbons (Fsp3) is 0.143. The van der Waals surface area contributed by atoms with E-state index in [-0.39, 0.29) is 11.5 Å². The van der Waals surface area contributed by atoms with Gasteiger partial charge in [-0.2, -0.15) is 13.2 Å². The molecule has 0 aliphatic carbocycles. The van der Waals surface area contributed by atoms with Crippen molar-refractivity contribution in [3.05, 3.63) is 59.4 Å². The van der Waals surface area contributed by atoms with Crippen LogP contribution in [0.5, 0.6) is 0 Å². The average Bonchev–Trinajstić information content (AvgIpc) is 2.38. The lowest BCUT2D eigenvalue weighted by molar-refractivity contribution is -0.136. The average molecular weight is 284 g/mol. The predicted molar refractivity (Wildman–Crippen MR) is 69.6 cm³/mol. The van der Waals surface area contributed by atoms with E-state index in [2.05, 4.69) is 5.32 Å². The first-order valence-corrected chi connectivity index (χ1v) is 5.81. The summed E-state index contributed by atoms with van der Waals surface area (Å²) in [6, 6.07) is 9.33. The molecule has 3 N–H and O–H groups in total. The molecular weight excluding hydrogens is 272 g/mol. The van der Waals surface area contributed by atoms with Crippen molar-refractivity contribution in [3.8, 4) is 0 Å². The summed E-state index contributed by atoms with van der Waals surface area (Å²) in [6.07, 6.45) is -4.49. The number of nitrogen functional groups attached to an aromatic ring is 1. The monoisotopic (exact) mass is 284 g/mol. The van der Waals surface area contributed by atoms with Crippen LogP contribution in [-0.2, 0) is 12.7 Å². The topological polar surface area (TPSA) is 38.0 Å². The molecule has 0 aliphatic heterocycles. The maximum Gasteiger partial charge on any atom is 0.418 e. The lowest BCUT2D eigenvalue weighted by atomic mass is 10.1. The van der Waals surface area contributed by atoms with Gasteiger partial charge in [0.05, 0.1) is 5.56 Å². The highest BCUT2D eigenvalue weighted by atomic mass is 19.4. The lowest BCUT2D eigenvalue weighted by Gasteiger charge is -2.13. The maximum atomic E-state index is 12.7. The van der Waals surface area contributed by atoms with E-state index in [1.54, 1.807) is 12.1 Å². The van der Waals surface area contributed by atoms with Crippen molar-refractivity contribution < 1.29 is 17.6 Å². The molecule has 2 aromatic rings. The van der Waals surface area contributed by atoms with Crippen molar-refractivity contribution in [1.29, 1.82) is 0 Å². The largest absolute Gasteiger partial charge is 0.418 e. The molecule has 0 saturated heterocycles. The van der Waals surface area contributed by atoms with Gasteiger partial charge in [0.2, 0.25) is 0 Å². The number of rotatable bonds is 3. The van der Waals surface area contributed by atoms with Gasteiger partial charge in [0, 0.05) is 17.9 Å². The van der Waals surface area contributed by atoms with Gasteiger partial charge in [0.15, 0.2) is 0 Å². The third-order valence-corrected chi connectivity index (χ3v) is 2.77. The van der Waals surface area contributed by atoms with Crippen molar-refractivity contribution in [1.82, 2.24) is 0 Å². The Hall–Kier alpha value is -2.24. The zero-order valence-electron chi connectivity index (χ0n) is 10.3. The number of benzene rings is 2. The first-order chi connectivity index (χ1) is 9.36. The zero-order valence-corrected chi connectivity index (χ0v) is 10.3. The van der Waals surface area contributed by atoms with Gasteiger partial charge in [0.25, 0.3) is 0 Å². The summed E-state index contributed by atoms with van der Waals surface area (Å²) in [5.74, 6) is -0.361. The molecule has 20 heavy (non-hydrogen) atoms. The molecule has 106 valence electrons. The normalized spacial score (nSPS) is 11.4.